The summed E-state index contributed by atoms with van der Waals surface area (Å²) in [5.41, 5.74) is 20.2. The number of anilines is 2. The number of unbranched alkanes of at least 4 members (excludes halogenated alkanes) is 2. The van der Waals surface area contributed by atoms with E-state index in [1.54, 1.807) is 56.3 Å². The van der Waals surface area contributed by atoms with Crippen LogP contribution < -0.4 is 38.1 Å². The van der Waals surface area contributed by atoms with Crippen LogP contribution in [0.25, 0.3) is 33.2 Å². The fourth-order valence-electron chi connectivity index (χ4n) is 9.70. The number of sulfonamides is 1. The molecule has 2 heterocycles. The molecule has 1 saturated heterocycles. The Hall–Kier alpha value is -8.03. The van der Waals surface area contributed by atoms with Crippen LogP contribution in [-0.4, -0.2) is 92.6 Å². The number of rotatable bonds is 23. The highest BCUT2D eigenvalue weighted by Gasteiger charge is 2.37. The number of fused-ring (bicyclic) bond motifs is 4. The van der Waals surface area contributed by atoms with Crippen molar-refractivity contribution in [1.82, 2.24) is 30.6 Å². The summed E-state index contributed by atoms with van der Waals surface area (Å²) in [6.45, 7) is 6.48. The molecule has 0 bridgehead atoms. The minimum atomic E-state index is -3.80. The van der Waals surface area contributed by atoms with E-state index >= 15 is 0 Å². The first-order valence-corrected chi connectivity index (χ1v) is 27.6. The third-order valence-corrected chi connectivity index (χ3v) is 15.8. The van der Waals surface area contributed by atoms with Gasteiger partial charge >= 0.3 is 18.2 Å². The number of aryl methyl sites for hydroxylation is 1. The molecule has 1 aliphatic heterocycles. The Balaban J connectivity index is 0.786. The number of alkyl carbamates (subject to hydrolysis) is 2. The van der Waals surface area contributed by atoms with Crippen LogP contribution in [0.1, 0.15) is 81.0 Å². The molecule has 2 aliphatic rings. The highest BCUT2D eigenvalue weighted by molar-refractivity contribution is 7.89. The summed E-state index contributed by atoms with van der Waals surface area (Å²) in [7, 11) is -3.80. The Labute approximate surface area is 449 Å². The van der Waals surface area contributed by atoms with E-state index in [2.05, 4.69) is 44.6 Å². The molecule has 19 heteroatoms. The normalized spacial score (nSPS) is 14.1. The highest BCUT2D eigenvalue weighted by atomic mass is 32.2. The molecule has 1 aliphatic carbocycles. The van der Waals surface area contributed by atoms with Crippen molar-refractivity contribution in [1.29, 1.82) is 0 Å². The van der Waals surface area contributed by atoms with E-state index in [0.717, 1.165) is 75.5 Å². The third kappa shape index (κ3) is 13.9. The van der Waals surface area contributed by atoms with Crippen LogP contribution in [0.5, 0.6) is 0 Å². The summed E-state index contributed by atoms with van der Waals surface area (Å²) >= 11 is 0. The molecule has 18 nitrogen and oxygen atoms in total. The Bertz CT molecular complexity index is 3170. The number of amides is 6. The lowest BCUT2D eigenvalue weighted by molar-refractivity contribution is -0.128. The fourth-order valence-corrected chi connectivity index (χ4v) is 11.3. The Morgan fingerprint density at radius 2 is 1.45 bits per heavy atom. The second-order valence-corrected chi connectivity index (χ2v) is 21.9. The van der Waals surface area contributed by atoms with Gasteiger partial charge in [0.05, 0.1) is 10.4 Å². The van der Waals surface area contributed by atoms with Crippen LogP contribution >= 0.6 is 0 Å². The molecule has 0 saturated carbocycles. The second-order valence-electron chi connectivity index (χ2n) is 19.9. The van der Waals surface area contributed by atoms with Crippen LogP contribution in [0.4, 0.5) is 25.9 Å². The number of hydrogen-bond donors (Lipinski definition) is 7. The molecule has 0 radical (unpaired) electrons. The van der Waals surface area contributed by atoms with E-state index in [4.69, 9.17) is 20.9 Å². The third-order valence-electron chi connectivity index (χ3n) is 14.0. The van der Waals surface area contributed by atoms with Gasteiger partial charge in [0.2, 0.25) is 21.8 Å². The van der Waals surface area contributed by atoms with Crippen LogP contribution in [0.2, 0.25) is 0 Å². The van der Waals surface area contributed by atoms with E-state index < -0.39 is 52.1 Å². The van der Waals surface area contributed by atoms with Crippen LogP contribution in [-0.2, 0) is 42.1 Å². The van der Waals surface area contributed by atoms with Crippen LogP contribution in [0.15, 0.2) is 126 Å². The summed E-state index contributed by atoms with van der Waals surface area (Å²) in [6, 6.07) is 34.4. The maximum atomic E-state index is 13.8. The number of carbonyl (C=O) groups excluding carboxylic acids is 5. The van der Waals surface area contributed by atoms with E-state index in [1.807, 2.05) is 72.8 Å². The van der Waals surface area contributed by atoms with Crippen molar-refractivity contribution < 1.29 is 41.9 Å². The van der Waals surface area contributed by atoms with Gasteiger partial charge in [-0.25, -0.2) is 27.8 Å². The largest absolute Gasteiger partial charge is 0.449 e. The lowest BCUT2D eigenvalue weighted by atomic mass is 9.98. The standard InChI is InChI=1S/C58H67N9O9S/c1-4-5-6-13-42-28-41-24-23-40(30-51(41)64-53(42)59)39-14-11-15-44(29-39)77(73,74)67-32-38(33-67)31-62-57(71)75-34-37-21-25-43(26-22-37)63-54(68)50(20-12-27-61-56(60)70)65-55(69)52(36(2)3)66-58(72)76-35-49-47-18-9-7-16-45(47)46-17-8-10-19-48(46)49/h7-11,14-19,21-26,28-30,36,38,49-50,52H,4-6,12-13,20,27,31-35H2,1-3H3,(H2,59,64)(H,62,71)(H,63,68)(H,65,69)(H,66,72)(H3,60,61,70). The average Bonchev–Trinajstić information content (AvgIpc) is 3.75. The molecule has 8 rings (SSSR count). The Morgan fingerprint density at radius 1 is 0.753 bits per heavy atom. The summed E-state index contributed by atoms with van der Waals surface area (Å²) in [5.74, 6) is -1.31. The zero-order valence-corrected chi connectivity index (χ0v) is 44.4. The van der Waals surface area contributed by atoms with Gasteiger partial charge in [0.25, 0.3) is 0 Å². The molecular weight excluding hydrogens is 999 g/mol. The number of nitrogens with zero attached hydrogens (tertiary/aromatic N) is 2. The lowest BCUT2D eigenvalue weighted by Gasteiger charge is -2.38. The number of nitrogens with one attached hydrogen (secondary N) is 5. The first-order valence-electron chi connectivity index (χ1n) is 26.1. The monoisotopic (exact) mass is 1070 g/mol. The minimum Gasteiger partial charge on any atom is -0.449 e. The molecule has 2 atom stereocenters. The highest BCUT2D eigenvalue weighted by Crippen LogP contribution is 2.44. The number of nitrogens with two attached hydrogens (primary N) is 2. The molecule has 2 unspecified atom stereocenters. The number of primary amides is 1. The van der Waals surface area contributed by atoms with Crippen LogP contribution in [0, 0.1) is 11.8 Å². The van der Waals surface area contributed by atoms with E-state index in [9.17, 15) is 32.4 Å². The first kappa shape index (κ1) is 55.2. The van der Waals surface area contributed by atoms with Gasteiger partial charge < -0.3 is 47.5 Å². The fraction of sp³-hybridized carbons (Fsp3) is 0.345. The molecule has 9 N–H and O–H groups in total. The number of ether oxygens (including phenoxy) is 2. The number of pyridine rings is 1. The van der Waals surface area contributed by atoms with Gasteiger partial charge in [0, 0.05) is 49.1 Å². The second kappa shape index (κ2) is 25.2. The molecule has 77 heavy (non-hydrogen) atoms. The molecule has 1 fully saturated rings. The Morgan fingerprint density at radius 3 is 2.14 bits per heavy atom. The first-order chi connectivity index (χ1) is 37.1. The van der Waals surface area contributed by atoms with Gasteiger partial charge in [-0.2, -0.15) is 4.31 Å². The smallest absolute Gasteiger partial charge is 0.407 e. The van der Waals surface area contributed by atoms with E-state index in [1.165, 1.54) is 4.31 Å². The number of carbonyl (C=O) groups is 5. The van der Waals surface area contributed by atoms with Gasteiger partial charge in [-0.1, -0.05) is 119 Å². The van der Waals surface area contributed by atoms with Gasteiger partial charge in [-0.3, -0.25) is 9.59 Å². The molecule has 5 aromatic carbocycles. The van der Waals surface area contributed by atoms with Crippen molar-refractivity contribution in [2.45, 2.75) is 88.8 Å². The van der Waals surface area contributed by atoms with Crippen molar-refractivity contribution in [2.24, 2.45) is 17.6 Å². The van der Waals surface area contributed by atoms with Crippen molar-refractivity contribution in [2.75, 3.05) is 43.8 Å². The quantitative estimate of drug-likeness (QED) is 0.0301. The number of hydrogen-bond acceptors (Lipinski definition) is 11. The zero-order chi connectivity index (χ0) is 54.6. The van der Waals surface area contributed by atoms with Crippen molar-refractivity contribution >= 4 is 62.5 Å². The summed E-state index contributed by atoms with van der Waals surface area (Å²) < 4.78 is 39.9. The summed E-state index contributed by atoms with van der Waals surface area (Å²) in [6.07, 6.45) is 3.14. The maximum Gasteiger partial charge on any atom is 0.407 e. The topological polar surface area (TPSA) is 266 Å². The molecular formula is C58H67N9O9S. The predicted octanol–water partition coefficient (Wildman–Crippen LogP) is 8.20. The van der Waals surface area contributed by atoms with Gasteiger partial charge in [0.1, 0.15) is 31.1 Å². The van der Waals surface area contributed by atoms with E-state index in [0.29, 0.717) is 23.5 Å². The van der Waals surface area contributed by atoms with Gasteiger partial charge in [-0.05, 0) is 113 Å². The zero-order valence-electron chi connectivity index (χ0n) is 43.6. The maximum absolute atomic E-state index is 13.8. The molecule has 0 spiro atoms. The van der Waals surface area contributed by atoms with Crippen LogP contribution in [0.3, 0.4) is 0 Å². The number of benzene rings is 5. The number of urea groups is 1. The lowest BCUT2D eigenvalue weighted by Crippen LogP contribution is -2.54. The molecule has 1 aromatic heterocycles. The number of nitrogen functional groups attached to an aromatic ring is 1. The van der Waals surface area contributed by atoms with Crippen molar-refractivity contribution in [3.05, 3.63) is 144 Å². The van der Waals surface area contributed by atoms with Crippen molar-refractivity contribution in [3.63, 3.8) is 0 Å². The Kier molecular flexibility index (Phi) is 18.1. The van der Waals surface area contributed by atoms with Gasteiger partial charge in [-0.15, -0.1) is 0 Å². The molecule has 404 valence electrons. The summed E-state index contributed by atoms with van der Waals surface area (Å²) in [5, 5.41) is 14.5. The average molecular weight is 1070 g/mol. The number of aromatic nitrogens is 1. The van der Waals surface area contributed by atoms with E-state index in [-0.39, 0.29) is 68.5 Å². The minimum absolute atomic E-state index is 0.0556. The van der Waals surface area contributed by atoms with Crippen molar-refractivity contribution in [3.8, 4) is 22.3 Å². The SMILES string of the molecule is CCCCCc1cc2ccc(-c3cccc(S(=O)(=O)N4CC(CNC(=O)OCc5ccc(NC(=O)C(CCCNC(N)=O)NC(=O)C(NC(=O)OCC6c7ccccc7-c7ccccc76)C(C)C)cc5)C4)c3)cc2nc1N. The summed E-state index contributed by atoms with van der Waals surface area (Å²) in [4.78, 5) is 69.6. The van der Waals surface area contributed by atoms with Gasteiger partial charge in [0.15, 0.2) is 0 Å². The molecule has 6 aromatic rings. The molecule has 6 amide bonds. The predicted molar refractivity (Wildman–Crippen MR) is 296 cm³/mol.